The lowest BCUT2D eigenvalue weighted by Crippen LogP contribution is -2.24. The van der Waals surface area contributed by atoms with Gasteiger partial charge < -0.3 is 10.4 Å². The van der Waals surface area contributed by atoms with Crippen LogP contribution in [-0.2, 0) is 0 Å². The lowest BCUT2D eigenvalue weighted by Gasteiger charge is -2.02. The molecule has 6 heteroatoms. The molecule has 1 aromatic heterocycles. The Morgan fingerprint density at radius 1 is 1.47 bits per heavy atom. The van der Waals surface area contributed by atoms with E-state index in [-0.39, 0.29) is 12.5 Å². The Balaban J connectivity index is 2.43. The van der Waals surface area contributed by atoms with Crippen molar-refractivity contribution in [2.24, 2.45) is 0 Å². The molecule has 1 aromatic rings. The Kier molecular flexibility index (Phi) is 5.39. The summed E-state index contributed by atoms with van der Waals surface area (Å²) in [5.41, 5.74) is 0.413. The highest BCUT2D eigenvalue weighted by Gasteiger charge is 2.13. The number of unbranched alkanes of at least 4 members (excludes halogenated alkanes) is 1. The average Bonchev–Trinajstić information content (AvgIpc) is 2.52. The molecule has 1 heterocycles. The maximum Gasteiger partial charge on any atom is 0.253 e. The third-order valence-electron chi connectivity index (χ3n) is 1.77. The normalized spacial score (nSPS) is 10.3. The van der Waals surface area contributed by atoms with Crippen LogP contribution in [0.1, 0.15) is 23.2 Å². The summed E-state index contributed by atoms with van der Waals surface area (Å²) < 4.78 is 0.903. The SMILES string of the molecule is O=C(NCCCCO)c1cc(Cl)sc1Cl. The van der Waals surface area contributed by atoms with E-state index in [1.54, 1.807) is 6.07 Å². The largest absolute Gasteiger partial charge is 0.396 e. The number of carbonyl (C=O) groups excluding carboxylic acids is 1. The van der Waals surface area contributed by atoms with Gasteiger partial charge in [-0.1, -0.05) is 23.2 Å². The Morgan fingerprint density at radius 3 is 2.73 bits per heavy atom. The van der Waals surface area contributed by atoms with Crippen LogP contribution >= 0.6 is 34.5 Å². The molecule has 0 saturated heterocycles. The van der Waals surface area contributed by atoms with Crippen LogP contribution in [0.5, 0.6) is 0 Å². The molecule has 0 aliphatic heterocycles. The number of aliphatic hydroxyl groups excluding tert-OH is 1. The van der Waals surface area contributed by atoms with Crippen LogP contribution in [0.3, 0.4) is 0 Å². The summed E-state index contributed by atoms with van der Waals surface area (Å²) in [6.45, 7) is 0.671. The molecule has 0 radical (unpaired) electrons. The summed E-state index contributed by atoms with van der Waals surface area (Å²) in [4.78, 5) is 11.5. The molecule has 84 valence electrons. The first-order valence-electron chi connectivity index (χ1n) is 4.49. The molecule has 0 fully saturated rings. The molecule has 0 unspecified atom stereocenters. The minimum Gasteiger partial charge on any atom is -0.396 e. The van der Waals surface area contributed by atoms with Crippen molar-refractivity contribution < 1.29 is 9.90 Å². The maximum absolute atomic E-state index is 11.5. The molecule has 15 heavy (non-hydrogen) atoms. The summed E-state index contributed by atoms with van der Waals surface area (Å²) in [5.74, 6) is -0.221. The molecule has 3 nitrogen and oxygen atoms in total. The molecule has 0 atom stereocenters. The summed E-state index contributed by atoms with van der Waals surface area (Å²) in [5, 5.41) is 11.2. The van der Waals surface area contributed by atoms with E-state index in [0.717, 1.165) is 6.42 Å². The molecule has 2 N–H and O–H groups in total. The number of carbonyl (C=O) groups is 1. The van der Waals surface area contributed by atoms with E-state index in [4.69, 9.17) is 28.3 Å². The maximum atomic E-state index is 11.5. The average molecular weight is 268 g/mol. The lowest BCUT2D eigenvalue weighted by molar-refractivity contribution is 0.0952. The molecule has 0 aromatic carbocycles. The van der Waals surface area contributed by atoms with Gasteiger partial charge in [0.2, 0.25) is 0 Å². The first kappa shape index (κ1) is 12.8. The Labute approximate surface area is 102 Å². The highest BCUT2D eigenvalue weighted by Crippen LogP contribution is 2.30. The van der Waals surface area contributed by atoms with Gasteiger partial charge in [-0.25, -0.2) is 0 Å². The van der Waals surface area contributed by atoms with E-state index in [2.05, 4.69) is 5.32 Å². The molecule has 0 bridgehead atoms. The van der Waals surface area contributed by atoms with Crippen LogP contribution in [0.2, 0.25) is 8.67 Å². The zero-order chi connectivity index (χ0) is 11.3. The van der Waals surface area contributed by atoms with E-state index in [1.165, 1.54) is 11.3 Å². The number of nitrogens with one attached hydrogen (secondary N) is 1. The fourth-order valence-corrected chi connectivity index (χ4v) is 2.49. The Bertz CT molecular complexity index is 341. The van der Waals surface area contributed by atoms with Crippen molar-refractivity contribution in [1.29, 1.82) is 0 Å². The van der Waals surface area contributed by atoms with Crippen LogP contribution in [0.15, 0.2) is 6.07 Å². The minimum atomic E-state index is -0.221. The van der Waals surface area contributed by atoms with Gasteiger partial charge in [-0.05, 0) is 18.9 Å². The minimum absolute atomic E-state index is 0.140. The van der Waals surface area contributed by atoms with Crippen molar-refractivity contribution in [1.82, 2.24) is 5.32 Å². The van der Waals surface area contributed by atoms with E-state index in [0.29, 0.717) is 27.2 Å². The number of rotatable bonds is 5. The second-order valence-corrected chi connectivity index (χ2v) is 5.21. The van der Waals surface area contributed by atoms with Gasteiger partial charge in [0.15, 0.2) is 0 Å². The van der Waals surface area contributed by atoms with Crippen molar-refractivity contribution in [2.75, 3.05) is 13.2 Å². The van der Waals surface area contributed by atoms with Gasteiger partial charge >= 0.3 is 0 Å². The zero-order valence-corrected chi connectivity index (χ0v) is 10.3. The van der Waals surface area contributed by atoms with Crippen LogP contribution < -0.4 is 5.32 Å². The fourth-order valence-electron chi connectivity index (χ4n) is 1.03. The van der Waals surface area contributed by atoms with Gasteiger partial charge in [0, 0.05) is 13.2 Å². The molecule has 0 aliphatic carbocycles. The van der Waals surface area contributed by atoms with Gasteiger partial charge in [-0.15, -0.1) is 11.3 Å². The summed E-state index contributed by atoms with van der Waals surface area (Å²) in [6.07, 6.45) is 1.43. The second kappa shape index (κ2) is 6.33. The van der Waals surface area contributed by atoms with Crippen molar-refractivity contribution >= 4 is 40.4 Å². The monoisotopic (exact) mass is 267 g/mol. The molecule has 0 saturated carbocycles. The highest BCUT2D eigenvalue weighted by atomic mass is 35.5. The molecule has 0 aliphatic rings. The van der Waals surface area contributed by atoms with Crippen molar-refractivity contribution in [3.63, 3.8) is 0 Å². The van der Waals surface area contributed by atoms with Gasteiger partial charge in [0.05, 0.1) is 9.90 Å². The van der Waals surface area contributed by atoms with E-state index >= 15 is 0 Å². The third kappa shape index (κ3) is 3.99. The quantitative estimate of drug-likeness (QED) is 0.806. The smallest absolute Gasteiger partial charge is 0.253 e. The van der Waals surface area contributed by atoms with Crippen LogP contribution in [0.4, 0.5) is 0 Å². The topological polar surface area (TPSA) is 49.3 Å². The molecule has 1 rings (SSSR count). The van der Waals surface area contributed by atoms with Gasteiger partial charge in [-0.2, -0.15) is 0 Å². The Morgan fingerprint density at radius 2 is 2.20 bits per heavy atom. The fraction of sp³-hybridized carbons (Fsp3) is 0.444. The van der Waals surface area contributed by atoms with Crippen LogP contribution in [0, 0.1) is 0 Å². The summed E-state index contributed by atoms with van der Waals surface area (Å²) in [6, 6.07) is 1.55. The number of halogens is 2. The third-order valence-corrected chi connectivity index (χ3v) is 3.26. The van der Waals surface area contributed by atoms with Crippen LogP contribution in [0.25, 0.3) is 0 Å². The summed E-state index contributed by atoms with van der Waals surface area (Å²) in [7, 11) is 0. The van der Waals surface area contributed by atoms with E-state index < -0.39 is 0 Å². The van der Waals surface area contributed by atoms with Gasteiger partial charge in [0.25, 0.3) is 5.91 Å². The van der Waals surface area contributed by atoms with Crippen molar-refractivity contribution in [2.45, 2.75) is 12.8 Å². The standard InChI is InChI=1S/C9H11Cl2NO2S/c10-7-5-6(8(11)15-7)9(14)12-3-1-2-4-13/h5,13H,1-4H2,(H,12,14). The number of aliphatic hydroxyl groups is 1. The summed E-state index contributed by atoms with van der Waals surface area (Å²) >= 11 is 12.7. The molecule has 0 spiro atoms. The predicted octanol–water partition coefficient (Wildman–Crippen LogP) is 2.56. The predicted molar refractivity (Wildman–Crippen MR) is 63.0 cm³/mol. The number of amides is 1. The zero-order valence-electron chi connectivity index (χ0n) is 7.93. The van der Waals surface area contributed by atoms with Gasteiger partial charge in [-0.3, -0.25) is 4.79 Å². The lowest BCUT2D eigenvalue weighted by atomic mass is 10.3. The highest BCUT2D eigenvalue weighted by molar-refractivity contribution is 7.20. The van der Waals surface area contributed by atoms with Crippen molar-refractivity contribution in [3.8, 4) is 0 Å². The first-order chi connectivity index (χ1) is 7.15. The number of thiophene rings is 1. The van der Waals surface area contributed by atoms with E-state index in [1.807, 2.05) is 0 Å². The Hall–Kier alpha value is -0.290. The second-order valence-electron chi connectivity index (χ2n) is 2.92. The number of hydrogen-bond donors (Lipinski definition) is 2. The first-order valence-corrected chi connectivity index (χ1v) is 6.06. The van der Waals surface area contributed by atoms with Crippen molar-refractivity contribution in [3.05, 3.63) is 20.3 Å². The van der Waals surface area contributed by atoms with E-state index in [9.17, 15) is 4.79 Å². The number of hydrogen-bond acceptors (Lipinski definition) is 3. The van der Waals surface area contributed by atoms with Crippen LogP contribution in [-0.4, -0.2) is 24.2 Å². The molecular weight excluding hydrogens is 257 g/mol. The molecular formula is C9H11Cl2NO2S. The van der Waals surface area contributed by atoms with Gasteiger partial charge in [0.1, 0.15) is 4.34 Å². The molecule has 1 amide bonds.